The third kappa shape index (κ3) is 4.44. The number of nitrogens with zero attached hydrogens (tertiary/aromatic N) is 1. The second kappa shape index (κ2) is 6.77. The first-order chi connectivity index (χ1) is 10.6. The van der Waals surface area contributed by atoms with Gasteiger partial charge < -0.3 is 14.7 Å². The molecular formula is C16H21ClF3NO2. The molecule has 0 amide bonds. The Morgan fingerprint density at radius 1 is 1.35 bits per heavy atom. The fraction of sp³-hybridized carbons (Fsp3) is 0.625. The van der Waals surface area contributed by atoms with E-state index in [0.29, 0.717) is 36.6 Å². The van der Waals surface area contributed by atoms with Gasteiger partial charge in [0.25, 0.3) is 0 Å². The first-order valence-corrected chi connectivity index (χ1v) is 8.05. The fourth-order valence-electron chi connectivity index (χ4n) is 2.94. The van der Waals surface area contributed by atoms with Crippen LogP contribution in [0.3, 0.4) is 0 Å². The Morgan fingerprint density at radius 3 is 2.48 bits per heavy atom. The van der Waals surface area contributed by atoms with Crippen LogP contribution in [0, 0.1) is 5.92 Å². The van der Waals surface area contributed by atoms with E-state index >= 15 is 0 Å². The summed E-state index contributed by atoms with van der Waals surface area (Å²) in [6.07, 6.45) is -2.73. The number of anilines is 1. The quantitative estimate of drug-likeness (QED) is 0.859. The van der Waals surface area contributed by atoms with Crippen LogP contribution in [0.5, 0.6) is 5.75 Å². The van der Waals surface area contributed by atoms with Crippen molar-refractivity contribution in [1.82, 2.24) is 0 Å². The van der Waals surface area contributed by atoms with Crippen LogP contribution in [0.2, 0.25) is 5.02 Å². The minimum Gasteiger partial charge on any atom is -0.406 e. The maximum Gasteiger partial charge on any atom is 0.573 e. The molecule has 1 saturated heterocycles. The fourth-order valence-corrected chi connectivity index (χ4v) is 3.18. The van der Waals surface area contributed by atoms with Crippen LogP contribution in [0.4, 0.5) is 18.9 Å². The van der Waals surface area contributed by atoms with Gasteiger partial charge in [-0.1, -0.05) is 31.9 Å². The topological polar surface area (TPSA) is 32.7 Å². The molecule has 23 heavy (non-hydrogen) atoms. The minimum atomic E-state index is -4.73. The molecule has 0 spiro atoms. The Labute approximate surface area is 139 Å². The molecule has 1 aliphatic heterocycles. The van der Waals surface area contributed by atoms with Gasteiger partial charge in [0.05, 0.1) is 16.3 Å². The summed E-state index contributed by atoms with van der Waals surface area (Å²) in [6, 6.07) is 3.88. The van der Waals surface area contributed by atoms with E-state index in [1.807, 2.05) is 18.7 Å². The monoisotopic (exact) mass is 351 g/mol. The SMILES string of the molecule is CCC(C)C1(O)CCN(c2cc(OC(F)(F)F)ccc2Cl)CC1. The van der Waals surface area contributed by atoms with Crippen molar-refractivity contribution in [2.24, 2.45) is 5.92 Å². The summed E-state index contributed by atoms with van der Waals surface area (Å²) in [4.78, 5) is 1.89. The highest BCUT2D eigenvalue weighted by atomic mass is 35.5. The molecule has 1 aliphatic rings. The van der Waals surface area contributed by atoms with Gasteiger partial charge in [0, 0.05) is 19.2 Å². The Hall–Kier alpha value is -1.14. The number of rotatable bonds is 4. The summed E-state index contributed by atoms with van der Waals surface area (Å²) in [7, 11) is 0. The molecule has 3 nitrogen and oxygen atoms in total. The van der Waals surface area contributed by atoms with E-state index in [2.05, 4.69) is 4.74 Å². The molecule has 1 N–H and O–H groups in total. The van der Waals surface area contributed by atoms with Gasteiger partial charge in [-0.3, -0.25) is 0 Å². The summed E-state index contributed by atoms with van der Waals surface area (Å²) < 4.78 is 41.0. The zero-order valence-electron chi connectivity index (χ0n) is 13.2. The highest BCUT2D eigenvalue weighted by molar-refractivity contribution is 6.33. The van der Waals surface area contributed by atoms with E-state index in [1.165, 1.54) is 18.2 Å². The molecule has 7 heteroatoms. The lowest BCUT2D eigenvalue weighted by Crippen LogP contribution is -2.48. The van der Waals surface area contributed by atoms with Gasteiger partial charge in [-0.15, -0.1) is 13.2 Å². The lowest BCUT2D eigenvalue weighted by atomic mass is 9.79. The number of hydrogen-bond donors (Lipinski definition) is 1. The number of alkyl halides is 3. The largest absolute Gasteiger partial charge is 0.573 e. The Morgan fingerprint density at radius 2 is 1.96 bits per heavy atom. The molecule has 0 aromatic heterocycles. The van der Waals surface area contributed by atoms with Crippen LogP contribution in [0.25, 0.3) is 0 Å². The van der Waals surface area contributed by atoms with Gasteiger partial charge >= 0.3 is 6.36 Å². The van der Waals surface area contributed by atoms with Crippen molar-refractivity contribution < 1.29 is 23.0 Å². The Kier molecular flexibility index (Phi) is 5.36. The van der Waals surface area contributed by atoms with Crippen LogP contribution in [-0.4, -0.2) is 30.2 Å². The van der Waals surface area contributed by atoms with Gasteiger partial charge in [0.2, 0.25) is 0 Å². The highest BCUT2D eigenvalue weighted by Crippen LogP contribution is 2.37. The Balaban J connectivity index is 2.13. The minimum absolute atomic E-state index is 0.181. The molecule has 1 aromatic rings. The maximum absolute atomic E-state index is 12.3. The summed E-state index contributed by atoms with van der Waals surface area (Å²) in [5.41, 5.74) is -0.225. The lowest BCUT2D eigenvalue weighted by molar-refractivity contribution is -0.274. The van der Waals surface area contributed by atoms with E-state index in [9.17, 15) is 18.3 Å². The third-order valence-electron chi connectivity index (χ3n) is 4.65. The predicted octanol–water partition coefficient (Wildman–Crippen LogP) is 4.62. The summed E-state index contributed by atoms with van der Waals surface area (Å²) in [5, 5.41) is 11.0. The van der Waals surface area contributed by atoms with Crippen molar-refractivity contribution >= 4 is 17.3 Å². The molecule has 1 fully saturated rings. The number of aliphatic hydroxyl groups is 1. The van der Waals surface area contributed by atoms with Crippen molar-refractivity contribution in [2.75, 3.05) is 18.0 Å². The number of halogens is 4. The first kappa shape index (κ1) is 18.2. The normalized spacial score (nSPS) is 19.5. The number of piperidine rings is 1. The van der Waals surface area contributed by atoms with Crippen molar-refractivity contribution in [3.8, 4) is 5.75 Å². The molecule has 0 bridgehead atoms. The van der Waals surface area contributed by atoms with Gasteiger partial charge in [0.15, 0.2) is 0 Å². The van der Waals surface area contributed by atoms with Crippen LogP contribution < -0.4 is 9.64 Å². The summed E-state index contributed by atoms with van der Waals surface area (Å²) in [6.45, 7) is 5.12. The number of benzene rings is 1. The van der Waals surface area contributed by atoms with E-state index in [4.69, 9.17) is 11.6 Å². The maximum atomic E-state index is 12.3. The summed E-state index contributed by atoms with van der Waals surface area (Å²) >= 11 is 6.12. The molecule has 1 unspecified atom stereocenters. The van der Waals surface area contributed by atoms with Gasteiger partial charge in [-0.05, 0) is 30.9 Å². The molecule has 130 valence electrons. The number of ether oxygens (including phenoxy) is 1. The van der Waals surface area contributed by atoms with E-state index in [-0.39, 0.29) is 11.7 Å². The van der Waals surface area contributed by atoms with Gasteiger partial charge in [-0.2, -0.15) is 0 Å². The molecule has 1 atom stereocenters. The molecule has 0 radical (unpaired) electrons. The first-order valence-electron chi connectivity index (χ1n) is 7.67. The lowest BCUT2D eigenvalue weighted by Gasteiger charge is -2.42. The van der Waals surface area contributed by atoms with Crippen LogP contribution in [0.15, 0.2) is 18.2 Å². The molecule has 1 aromatic carbocycles. The van der Waals surface area contributed by atoms with Crippen LogP contribution in [0.1, 0.15) is 33.1 Å². The molecule has 0 aliphatic carbocycles. The second-order valence-electron chi connectivity index (χ2n) is 6.06. The smallest absolute Gasteiger partial charge is 0.406 e. The molecule has 2 rings (SSSR count). The molecule has 0 saturated carbocycles. The third-order valence-corrected chi connectivity index (χ3v) is 4.97. The van der Waals surface area contributed by atoms with E-state index in [0.717, 1.165) is 6.42 Å². The van der Waals surface area contributed by atoms with Crippen LogP contribution >= 0.6 is 11.6 Å². The second-order valence-corrected chi connectivity index (χ2v) is 6.47. The van der Waals surface area contributed by atoms with Gasteiger partial charge in [0.1, 0.15) is 5.75 Å². The Bertz CT molecular complexity index is 543. The number of hydrogen-bond acceptors (Lipinski definition) is 3. The highest BCUT2D eigenvalue weighted by Gasteiger charge is 2.37. The zero-order chi connectivity index (χ0) is 17.3. The van der Waals surface area contributed by atoms with Crippen molar-refractivity contribution in [2.45, 2.75) is 45.1 Å². The van der Waals surface area contributed by atoms with E-state index < -0.39 is 12.0 Å². The average molecular weight is 352 g/mol. The van der Waals surface area contributed by atoms with Crippen molar-refractivity contribution in [3.63, 3.8) is 0 Å². The van der Waals surface area contributed by atoms with Crippen molar-refractivity contribution in [3.05, 3.63) is 23.2 Å². The standard InChI is InChI=1S/C16H21ClF3NO2/c1-3-11(2)15(22)6-8-21(9-7-15)14-10-12(4-5-13(14)17)23-16(18,19)20/h4-5,10-11,22H,3,6-9H2,1-2H3. The molecular weight excluding hydrogens is 331 g/mol. The van der Waals surface area contributed by atoms with Crippen molar-refractivity contribution in [1.29, 1.82) is 0 Å². The van der Waals surface area contributed by atoms with Crippen LogP contribution in [-0.2, 0) is 0 Å². The average Bonchev–Trinajstić information content (AvgIpc) is 2.48. The molecule has 1 heterocycles. The van der Waals surface area contributed by atoms with E-state index in [1.54, 1.807) is 0 Å². The summed E-state index contributed by atoms with van der Waals surface area (Å²) in [5.74, 6) is -0.111. The zero-order valence-corrected chi connectivity index (χ0v) is 13.9. The van der Waals surface area contributed by atoms with Gasteiger partial charge in [-0.25, -0.2) is 0 Å². The predicted molar refractivity (Wildman–Crippen MR) is 84.0 cm³/mol.